The van der Waals surface area contributed by atoms with Crippen LogP contribution in [0.2, 0.25) is 0 Å². The van der Waals surface area contributed by atoms with Gasteiger partial charge in [-0.05, 0) is 166 Å². The van der Waals surface area contributed by atoms with Crippen LogP contribution in [0.5, 0.6) is 0 Å². The summed E-state index contributed by atoms with van der Waals surface area (Å²) >= 11 is 0. The van der Waals surface area contributed by atoms with E-state index in [1.807, 2.05) is 0 Å². The van der Waals surface area contributed by atoms with Crippen molar-refractivity contribution in [3.63, 3.8) is 0 Å². The highest BCUT2D eigenvalue weighted by molar-refractivity contribution is 5.00. The first-order valence-corrected chi connectivity index (χ1v) is 19.1. The molecule has 0 fully saturated rings. The molecule has 0 amide bonds. The second-order valence-electron chi connectivity index (χ2n) is 19.7. The molecule has 0 heterocycles. The molecule has 0 saturated carbocycles. The van der Waals surface area contributed by atoms with Crippen LogP contribution in [0.3, 0.4) is 0 Å². The number of nitrogens with two attached hydrogens (primary N) is 4. The average Bonchev–Trinajstić information content (AvgIpc) is 2.85. The fourth-order valence-corrected chi connectivity index (χ4v) is 6.87. The third-order valence-electron chi connectivity index (χ3n) is 10.2. The van der Waals surface area contributed by atoms with Gasteiger partial charge in [-0.15, -0.1) is 0 Å². The zero-order valence-electron chi connectivity index (χ0n) is 35.0. The summed E-state index contributed by atoms with van der Waals surface area (Å²) in [4.78, 5) is 0. The van der Waals surface area contributed by atoms with Crippen molar-refractivity contribution in [2.24, 2.45) is 28.3 Å². The maximum absolute atomic E-state index is 6.87. The molecule has 0 aromatic rings. The Balaban J connectivity index is 7.00. The summed E-state index contributed by atoms with van der Waals surface area (Å²) in [5, 5.41) is 0. The monoisotopic (exact) mass is 687 g/mol. The van der Waals surface area contributed by atoms with Crippen LogP contribution in [0.4, 0.5) is 0 Å². The SMILES string of the molecule is CCC(C)(N)CCOC(C)(CC)CC(CC(C)(C)OCCC(C)(C)N)(CC(C)(C)OCCC(C)(C)N)CC(C)(CC)OCCC(C)(C)N. The van der Waals surface area contributed by atoms with Crippen molar-refractivity contribution >= 4 is 0 Å². The lowest BCUT2D eigenvalue weighted by atomic mass is 9.61. The highest BCUT2D eigenvalue weighted by Gasteiger charge is 2.49. The van der Waals surface area contributed by atoms with E-state index in [2.05, 4.69) is 111 Å². The van der Waals surface area contributed by atoms with E-state index in [9.17, 15) is 0 Å². The molecule has 0 rings (SSSR count). The molecular formula is C40H86N4O4. The van der Waals surface area contributed by atoms with Gasteiger partial charge in [0, 0.05) is 48.6 Å². The highest BCUT2D eigenvalue weighted by atomic mass is 16.5. The van der Waals surface area contributed by atoms with Gasteiger partial charge < -0.3 is 41.9 Å². The van der Waals surface area contributed by atoms with E-state index in [1.54, 1.807) is 0 Å². The Morgan fingerprint density at radius 2 is 0.667 bits per heavy atom. The van der Waals surface area contributed by atoms with Gasteiger partial charge in [0.05, 0.1) is 22.4 Å². The highest BCUT2D eigenvalue weighted by Crippen LogP contribution is 2.52. The standard InChI is InChI=1S/C40H86N4O4/c1-17-37(14,44)23-27-48-39(16,19-3)31-40(28-35(10,11)45-24-20-32(4,5)41,29-36(12,13)46-25-21-33(6,7)42)30-38(15,18-2)47-26-22-34(8,9)43/h17-31,41-44H2,1-16H3. The lowest BCUT2D eigenvalue weighted by Crippen LogP contribution is -2.50. The minimum Gasteiger partial charge on any atom is -0.375 e. The van der Waals surface area contributed by atoms with Gasteiger partial charge in [0.1, 0.15) is 0 Å². The molecule has 0 radical (unpaired) electrons. The Morgan fingerprint density at radius 1 is 0.375 bits per heavy atom. The van der Waals surface area contributed by atoms with Gasteiger partial charge in [-0.3, -0.25) is 0 Å². The molecule has 0 aromatic heterocycles. The van der Waals surface area contributed by atoms with E-state index in [1.165, 1.54) is 0 Å². The second-order valence-corrected chi connectivity index (χ2v) is 19.7. The fourth-order valence-electron chi connectivity index (χ4n) is 6.87. The zero-order chi connectivity index (χ0) is 37.9. The van der Waals surface area contributed by atoms with Gasteiger partial charge in [-0.1, -0.05) is 20.8 Å². The van der Waals surface area contributed by atoms with E-state index in [0.29, 0.717) is 26.4 Å². The third-order valence-corrected chi connectivity index (χ3v) is 10.2. The molecule has 0 aromatic carbocycles. The van der Waals surface area contributed by atoms with Crippen molar-refractivity contribution in [2.75, 3.05) is 26.4 Å². The van der Waals surface area contributed by atoms with E-state index in [-0.39, 0.29) is 38.8 Å². The topological polar surface area (TPSA) is 141 Å². The van der Waals surface area contributed by atoms with Crippen LogP contribution in [0.1, 0.15) is 181 Å². The number of hydrogen-bond donors (Lipinski definition) is 4. The molecule has 3 unspecified atom stereocenters. The Bertz CT molecular complexity index is 866. The van der Waals surface area contributed by atoms with Crippen LogP contribution < -0.4 is 22.9 Å². The van der Waals surface area contributed by atoms with Crippen molar-refractivity contribution in [1.82, 2.24) is 0 Å². The summed E-state index contributed by atoms with van der Waals surface area (Å²) < 4.78 is 27.1. The summed E-state index contributed by atoms with van der Waals surface area (Å²) in [6, 6.07) is 0. The van der Waals surface area contributed by atoms with Crippen LogP contribution in [0, 0.1) is 5.41 Å². The number of rotatable bonds is 27. The minimum atomic E-state index is -0.429. The summed E-state index contributed by atoms with van der Waals surface area (Å²) in [5.74, 6) is 0. The number of ether oxygens (including phenoxy) is 4. The first-order valence-electron chi connectivity index (χ1n) is 19.1. The van der Waals surface area contributed by atoms with E-state index in [0.717, 1.165) is 70.6 Å². The van der Waals surface area contributed by atoms with E-state index >= 15 is 0 Å². The summed E-state index contributed by atoms with van der Waals surface area (Å²) in [7, 11) is 0. The predicted octanol–water partition coefficient (Wildman–Crippen LogP) is 8.39. The molecule has 0 spiro atoms. The third kappa shape index (κ3) is 21.8. The summed E-state index contributed by atoms with van der Waals surface area (Å²) in [5.41, 5.74) is 22.6. The van der Waals surface area contributed by atoms with Gasteiger partial charge in [0.2, 0.25) is 0 Å². The van der Waals surface area contributed by atoms with E-state index in [4.69, 9.17) is 41.9 Å². The van der Waals surface area contributed by atoms with Gasteiger partial charge >= 0.3 is 0 Å². The first-order chi connectivity index (χ1) is 21.3. The number of hydrogen-bond acceptors (Lipinski definition) is 8. The molecule has 0 saturated heterocycles. The van der Waals surface area contributed by atoms with Crippen LogP contribution in [0.25, 0.3) is 0 Å². The minimum absolute atomic E-state index is 0.254. The molecule has 48 heavy (non-hydrogen) atoms. The molecule has 8 heteroatoms. The molecule has 0 bridgehead atoms. The predicted molar refractivity (Wildman–Crippen MR) is 206 cm³/mol. The smallest absolute Gasteiger partial charge is 0.0657 e. The van der Waals surface area contributed by atoms with Crippen LogP contribution >= 0.6 is 0 Å². The molecule has 3 atom stereocenters. The maximum Gasteiger partial charge on any atom is 0.0657 e. The Kier molecular flexibility index (Phi) is 18.3. The quantitative estimate of drug-likeness (QED) is 0.0675. The molecular weight excluding hydrogens is 600 g/mol. The Hall–Kier alpha value is -0.320. The van der Waals surface area contributed by atoms with Gasteiger partial charge in [0.25, 0.3) is 0 Å². The molecule has 0 aliphatic heterocycles. The van der Waals surface area contributed by atoms with Gasteiger partial charge in [-0.25, -0.2) is 0 Å². The molecule has 290 valence electrons. The lowest BCUT2D eigenvalue weighted by Gasteiger charge is -2.51. The zero-order valence-corrected chi connectivity index (χ0v) is 35.0. The van der Waals surface area contributed by atoms with Crippen molar-refractivity contribution < 1.29 is 18.9 Å². The maximum atomic E-state index is 6.87. The molecule has 0 aliphatic rings. The van der Waals surface area contributed by atoms with Crippen molar-refractivity contribution in [3.8, 4) is 0 Å². The van der Waals surface area contributed by atoms with E-state index < -0.39 is 11.2 Å². The van der Waals surface area contributed by atoms with Gasteiger partial charge in [-0.2, -0.15) is 0 Å². The molecule has 8 nitrogen and oxygen atoms in total. The first kappa shape index (κ1) is 47.7. The largest absolute Gasteiger partial charge is 0.375 e. The Labute approximate surface area is 299 Å². The van der Waals surface area contributed by atoms with Gasteiger partial charge in [0.15, 0.2) is 0 Å². The Morgan fingerprint density at radius 3 is 0.938 bits per heavy atom. The summed E-state index contributed by atoms with van der Waals surface area (Å²) in [6.45, 7) is 36.9. The van der Waals surface area contributed by atoms with Crippen molar-refractivity contribution in [2.45, 2.75) is 226 Å². The van der Waals surface area contributed by atoms with Crippen LogP contribution in [-0.2, 0) is 18.9 Å². The summed E-state index contributed by atoms with van der Waals surface area (Å²) in [6.07, 6.45) is 9.08. The van der Waals surface area contributed by atoms with Crippen LogP contribution in [0.15, 0.2) is 0 Å². The van der Waals surface area contributed by atoms with Crippen LogP contribution in [-0.4, -0.2) is 71.0 Å². The van der Waals surface area contributed by atoms with Crippen molar-refractivity contribution in [3.05, 3.63) is 0 Å². The lowest BCUT2D eigenvalue weighted by molar-refractivity contribution is -0.154. The molecule has 0 aliphatic carbocycles. The average molecular weight is 687 g/mol. The van der Waals surface area contributed by atoms with Crippen molar-refractivity contribution in [1.29, 1.82) is 0 Å². The molecule has 8 N–H and O–H groups in total. The second kappa shape index (κ2) is 18.4. The fraction of sp³-hybridized carbons (Fsp3) is 1.00. The normalized spacial score (nSPS) is 18.0.